The number of carboxylic acids is 1. The summed E-state index contributed by atoms with van der Waals surface area (Å²) < 4.78 is 10.9. The monoisotopic (exact) mass is 182 g/mol. The third kappa shape index (κ3) is 4.14. The first-order valence-electron chi connectivity index (χ1n) is 3.07. The van der Waals surface area contributed by atoms with Crippen LogP contribution in [0.5, 0.6) is 0 Å². The minimum Gasteiger partial charge on any atom is -0.481 e. The Morgan fingerprint density at radius 1 is 1.64 bits per heavy atom. The van der Waals surface area contributed by atoms with Crippen molar-refractivity contribution in [1.29, 1.82) is 0 Å². The van der Waals surface area contributed by atoms with Crippen LogP contribution in [0.2, 0.25) is 0 Å². The topological polar surface area (TPSA) is 94.8 Å². The zero-order valence-electron chi connectivity index (χ0n) is 6.10. The van der Waals surface area contributed by atoms with Gasteiger partial charge in [-0.25, -0.2) is 0 Å². The summed E-state index contributed by atoms with van der Waals surface area (Å²) in [7, 11) is -3.64. The van der Waals surface area contributed by atoms with E-state index in [1.807, 2.05) is 0 Å². The molecule has 0 saturated carbocycles. The summed E-state index contributed by atoms with van der Waals surface area (Å²) in [5, 5.41) is 16.8. The van der Waals surface area contributed by atoms with Gasteiger partial charge in [-0.2, -0.15) is 0 Å². The zero-order valence-corrected chi connectivity index (χ0v) is 6.99. The van der Waals surface area contributed by atoms with E-state index in [0.29, 0.717) is 0 Å². The Morgan fingerprint density at radius 2 is 2.09 bits per heavy atom. The van der Waals surface area contributed by atoms with Crippen LogP contribution in [0.1, 0.15) is 13.3 Å². The van der Waals surface area contributed by atoms with E-state index in [1.54, 1.807) is 0 Å². The number of rotatable bonds is 4. The summed E-state index contributed by atoms with van der Waals surface area (Å²) in [6, 6.07) is 0. The van der Waals surface area contributed by atoms with Crippen molar-refractivity contribution in [3.8, 4) is 0 Å². The van der Waals surface area contributed by atoms with Crippen LogP contribution in [-0.4, -0.2) is 33.1 Å². The summed E-state index contributed by atoms with van der Waals surface area (Å²) in [6.45, 7) is 1.17. The van der Waals surface area contributed by atoms with Gasteiger partial charge in [-0.15, -0.1) is 0 Å². The van der Waals surface area contributed by atoms with Crippen molar-refractivity contribution in [3.63, 3.8) is 0 Å². The van der Waals surface area contributed by atoms with Gasteiger partial charge >= 0.3 is 5.97 Å². The van der Waals surface area contributed by atoms with Gasteiger partial charge < -0.3 is 15.1 Å². The summed E-state index contributed by atoms with van der Waals surface area (Å²) in [5.74, 6) is -2.48. The van der Waals surface area contributed by atoms with E-state index >= 15 is 0 Å². The first-order chi connectivity index (χ1) is 4.86. The summed E-state index contributed by atoms with van der Waals surface area (Å²) in [5.41, 5.74) is 0. The van der Waals surface area contributed by atoms with Gasteiger partial charge in [0.25, 0.3) is 0 Å². The molecule has 0 aromatic carbocycles. The lowest BCUT2D eigenvalue weighted by atomic mass is 10.5. The van der Waals surface area contributed by atoms with Crippen molar-refractivity contribution in [1.82, 2.24) is 0 Å². The van der Waals surface area contributed by atoms with Crippen molar-refractivity contribution in [3.05, 3.63) is 0 Å². The quantitative estimate of drug-likeness (QED) is 0.535. The average Bonchev–Trinajstić information content (AvgIpc) is 1.84. The minimum absolute atomic E-state index is 0.375. The Labute approximate surface area is 64.1 Å². The molecule has 0 aliphatic rings. The number of aliphatic hydroxyl groups excluding tert-OH is 1. The smallest absolute Gasteiger partial charge is 0.303 e. The van der Waals surface area contributed by atoms with E-state index in [-0.39, 0.29) is 6.16 Å². The van der Waals surface area contributed by atoms with Crippen molar-refractivity contribution in [2.75, 3.05) is 6.16 Å². The van der Waals surface area contributed by atoms with Crippen LogP contribution < -0.4 is 0 Å². The maximum Gasteiger partial charge on any atom is 0.303 e. The van der Waals surface area contributed by atoms with E-state index in [4.69, 9.17) is 15.1 Å². The number of hydrogen-bond donors (Lipinski definition) is 3. The second-order valence-corrected chi connectivity index (χ2v) is 4.96. The minimum atomic E-state index is -3.64. The molecule has 0 bridgehead atoms. The second kappa shape index (κ2) is 3.85. The Balaban J connectivity index is 3.93. The number of aliphatic carboxylic acids is 1. The van der Waals surface area contributed by atoms with Crippen molar-refractivity contribution in [2.24, 2.45) is 0 Å². The lowest BCUT2D eigenvalue weighted by molar-refractivity contribution is -0.136. The van der Waals surface area contributed by atoms with Crippen molar-refractivity contribution in [2.45, 2.75) is 19.2 Å². The first kappa shape index (κ1) is 10.6. The molecule has 0 aliphatic carbocycles. The maximum absolute atomic E-state index is 10.9. The predicted octanol–water partition coefficient (Wildman–Crippen LogP) is 0.0698. The van der Waals surface area contributed by atoms with E-state index in [9.17, 15) is 9.36 Å². The van der Waals surface area contributed by atoms with Gasteiger partial charge in [-0.05, 0) is 6.92 Å². The average molecular weight is 182 g/mol. The first-order valence-corrected chi connectivity index (χ1v) is 4.99. The third-order valence-electron chi connectivity index (χ3n) is 1.23. The highest BCUT2D eigenvalue weighted by Crippen LogP contribution is 2.44. The lowest BCUT2D eigenvalue weighted by Crippen LogP contribution is -2.08. The molecule has 2 atom stereocenters. The Bertz CT molecular complexity index is 187. The fraction of sp³-hybridized carbons (Fsp3) is 0.800. The molecule has 0 fully saturated rings. The van der Waals surface area contributed by atoms with Crippen LogP contribution in [0.4, 0.5) is 0 Å². The van der Waals surface area contributed by atoms with Gasteiger partial charge in [-0.1, -0.05) is 0 Å². The molecule has 66 valence electrons. The SMILES string of the molecule is CC(O)P(=O)(O)CCC(=O)O. The number of aliphatic hydroxyl groups is 1. The highest BCUT2D eigenvalue weighted by Gasteiger charge is 2.25. The second-order valence-electron chi connectivity index (χ2n) is 2.25. The van der Waals surface area contributed by atoms with E-state index < -0.39 is 25.6 Å². The Hall–Kier alpha value is -0.380. The predicted molar refractivity (Wildman–Crippen MR) is 38.6 cm³/mol. The molecule has 0 rings (SSSR count). The zero-order chi connectivity index (χ0) is 9.07. The molecular weight excluding hydrogens is 171 g/mol. The molecule has 0 amide bonds. The van der Waals surface area contributed by atoms with Crippen LogP contribution in [0.25, 0.3) is 0 Å². The molecule has 0 aliphatic heterocycles. The third-order valence-corrected chi connectivity index (χ3v) is 3.26. The molecule has 0 aromatic heterocycles. The normalized spacial score (nSPS) is 18.8. The fourth-order valence-corrected chi connectivity index (χ4v) is 1.33. The molecule has 0 spiro atoms. The lowest BCUT2D eigenvalue weighted by Gasteiger charge is -2.12. The molecule has 2 unspecified atom stereocenters. The summed E-state index contributed by atoms with van der Waals surface area (Å²) in [4.78, 5) is 18.8. The highest BCUT2D eigenvalue weighted by atomic mass is 31.2. The largest absolute Gasteiger partial charge is 0.481 e. The van der Waals surface area contributed by atoms with Crippen molar-refractivity contribution >= 4 is 13.3 Å². The van der Waals surface area contributed by atoms with Crippen LogP contribution in [-0.2, 0) is 9.36 Å². The van der Waals surface area contributed by atoms with E-state index in [1.165, 1.54) is 6.92 Å². The van der Waals surface area contributed by atoms with Crippen LogP contribution in [0, 0.1) is 0 Å². The van der Waals surface area contributed by atoms with Crippen LogP contribution >= 0.6 is 7.37 Å². The molecule has 0 radical (unpaired) electrons. The van der Waals surface area contributed by atoms with Crippen LogP contribution in [0.15, 0.2) is 0 Å². The van der Waals surface area contributed by atoms with E-state index in [2.05, 4.69) is 0 Å². The molecule has 5 nitrogen and oxygen atoms in total. The molecule has 0 saturated heterocycles. The maximum atomic E-state index is 10.9. The Kier molecular flexibility index (Phi) is 3.72. The molecule has 3 N–H and O–H groups in total. The number of carboxylic acid groups (broad SMARTS) is 1. The summed E-state index contributed by atoms with van der Waals surface area (Å²) >= 11 is 0. The Morgan fingerprint density at radius 3 is 2.36 bits per heavy atom. The molecule has 0 heterocycles. The van der Waals surface area contributed by atoms with Gasteiger partial charge in [0.1, 0.15) is 5.85 Å². The standard InChI is InChI=1S/C5H11O5P/c1-4(6)11(9,10)3-2-5(7)8/h4,6H,2-3H2,1H3,(H,7,8)(H,9,10). The van der Waals surface area contributed by atoms with Crippen molar-refractivity contribution < 1.29 is 24.5 Å². The fourth-order valence-electron chi connectivity index (χ4n) is 0.443. The van der Waals surface area contributed by atoms with Gasteiger partial charge in [0.15, 0.2) is 0 Å². The van der Waals surface area contributed by atoms with Crippen LogP contribution in [0.3, 0.4) is 0 Å². The molecule has 6 heteroatoms. The number of carbonyl (C=O) groups is 1. The van der Waals surface area contributed by atoms with E-state index in [0.717, 1.165) is 0 Å². The summed E-state index contributed by atoms with van der Waals surface area (Å²) in [6.07, 6.45) is -0.765. The number of hydrogen-bond acceptors (Lipinski definition) is 3. The molecular formula is C5H11O5P. The van der Waals surface area contributed by atoms with Gasteiger partial charge in [0.05, 0.1) is 6.42 Å². The van der Waals surface area contributed by atoms with Gasteiger partial charge in [-0.3, -0.25) is 9.36 Å². The highest BCUT2D eigenvalue weighted by molar-refractivity contribution is 7.58. The van der Waals surface area contributed by atoms with Gasteiger partial charge in [0.2, 0.25) is 7.37 Å². The molecule has 0 aromatic rings. The van der Waals surface area contributed by atoms with Gasteiger partial charge in [0, 0.05) is 6.16 Å². The molecule has 11 heavy (non-hydrogen) atoms.